The van der Waals surface area contributed by atoms with E-state index in [4.69, 9.17) is 5.73 Å². The molecule has 20 heavy (non-hydrogen) atoms. The van der Waals surface area contributed by atoms with Crippen molar-refractivity contribution in [1.29, 1.82) is 0 Å². The van der Waals surface area contributed by atoms with Gasteiger partial charge >= 0.3 is 27.0 Å². The van der Waals surface area contributed by atoms with Gasteiger partial charge in [-0.25, -0.2) is 8.42 Å². The monoisotopic (exact) mass is 404 g/mol. The van der Waals surface area contributed by atoms with Gasteiger partial charge in [-0.05, 0) is 19.1 Å². The Balaban J connectivity index is 0.000000956. The number of nitrogens with one attached hydrogen (secondary N) is 1. The molecule has 0 bridgehead atoms. The van der Waals surface area contributed by atoms with Crippen LogP contribution in [0, 0.1) is 6.92 Å². The second-order valence-corrected chi connectivity index (χ2v) is 6.48. The first-order valence-electron chi connectivity index (χ1n) is 6.36. The van der Waals surface area contributed by atoms with Crippen molar-refractivity contribution in [2.24, 2.45) is 0 Å². The summed E-state index contributed by atoms with van der Waals surface area (Å²) in [4.78, 5) is 0.228. The van der Waals surface area contributed by atoms with Gasteiger partial charge in [-0.2, -0.15) is 6.04 Å². The van der Waals surface area contributed by atoms with Crippen LogP contribution in [0.1, 0.15) is 31.2 Å². The third-order valence-corrected chi connectivity index (χ3v) is 4.74. The molecule has 0 aromatic heterocycles. The average Bonchev–Trinajstić information content (AvgIpc) is 2.44. The van der Waals surface area contributed by atoms with Gasteiger partial charge in [0.15, 0.2) is 0 Å². The molecule has 0 saturated heterocycles. The molecule has 0 heterocycles. The van der Waals surface area contributed by atoms with E-state index in [2.05, 4.69) is 14.4 Å². The molecule has 2 rings (SSSR count). The zero-order chi connectivity index (χ0) is 15.2. The van der Waals surface area contributed by atoms with E-state index in [9.17, 15) is 8.42 Å². The fourth-order valence-corrected chi connectivity index (χ4v) is 3.40. The Bertz CT molecular complexity index is 508. The quantitative estimate of drug-likeness (QED) is 0.711. The van der Waals surface area contributed by atoms with Crippen LogP contribution < -0.4 is 0 Å². The second-order valence-electron chi connectivity index (χ2n) is 4.85. The summed E-state index contributed by atoms with van der Waals surface area (Å²) >= 11 is 2.02. The van der Waals surface area contributed by atoms with Crippen LogP contribution in [-0.4, -0.2) is 20.5 Å². The fraction of sp³-hybridized carbons (Fsp3) is 0.538. The van der Waals surface area contributed by atoms with Crippen molar-refractivity contribution in [3.8, 4) is 0 Å². The van der Waals surface area contributed by atoms with Crippen LogP contribution in [0.5, 0.6) is 0 Å². The molecule has 1 saturated carbocycles. The summed E-state index contributed by atoms with van der Waals surface area (Å²) in [5.74, 6) is 0. The van der Waals surface area contributed by atoms with Crippen molar-refractivity contribution >= 4 is 19.7 Å². The fourth-order valence-electron chi connectivity index (χ4n) is 2.19. The molecule has 1 aromatic rings. The Morgan fingerprint density at radius 2 is 1.75 bits per heavy atom. The van der Waals surface area contributed by atoms with Gasteiger partial charge in [0.2, 0.25) is 0 Å². The van der Waals surface area contributed by atoms with Crippen LogP contribution >= 0.6 is 9.69 Å². The zero-order valence-corrected chi connectivity index (χ0v) is 14.4. The minimum absolute atomic E-state index is 0.228. The minimum atomic E-state index is -3.60. The SMILES string of the molecule is Cc1ccc(S(=O)(=O)[N-][C@@H]2CCCC[C@H]2[NH-])cc1.[Cl][Rh+2]. The molecule has 7 heteroatoms. The molecule has 0 amide bonds. The first-order chi connectivity index (χ1) is 9.49. The Labute approximate surface area is 135 Å². The second kappa shape index (κ2) is 8.45. The van der Waals surface area contributed by atoms with Crippen molar-refractivity contribution < 1.29 is 25.7 Å². The van der Waals surface area contributed by atoms with Gasteiger partial charge in [0, 0.05) is 4.90 Å². The maximum absolute atomic E-state index is 12.1. The summed E-state index contributed by atoms with van der Waals surface area (Å²) in [5.41, 5.74) is 8.87. The van der Waals surface area contributed by atoms with E-state index in [0.717, 1.165) is 24.8 Å². The van der Waals surface area contributed by atoms with Gasteiger partial charge < -0.3 is 10.5 Å². The molecule has 0 radical (unpaired) electrons. The Hall–Kier alpha value is 0.00338. The molecule has 1 aliphatic rings. The average molecular weight is 405 g/mol. The number of nitrogens with zero attached hydrogens (tertiary/aromatic N) is 1. The molecule has 0 spiro atoms. The molecule has 1 fully saturated rings. The van der Waals surface area contributed by atoms with E-state index in [1.54, 1.807) is 24.3 Å². The van der Waals surface area contributed by atoms with E-state index in [1.807, 2.05) is 24.2 Å². The van der Waals surface area contributed by atoms with Crippen LogP contribution in [0.2, 0.25) is 0 Å². The molecule has 1 aliphatic carbocycles. The molecule has 0 aliphatic heterocycles. The predicted molar refractivity (Wildman–Crippen MR) is 77.9 cm³/mol. The summed E-state index contributed by atoms with van der Waals surface area (Å²) in [6.07, 6.45) is 3.43. The van der Waals surface area contributed by atoms with Gasteiger partial charge in [-0.15, -0.1) is 6.04 Å². The molecule has 0 unspecified atom stereocenters. The van der Waals surface area contributed by atoms with E-state index < -0.39 is 10.0 Å². The standard InChI is InChI=1S/C13H18N2O2S.ClH.Rh/c1-10-6-8-11(9-7-10)18(16,17)15-13-5-3-2-4-12(13)14;;/h6-9,12-14H,2-5H2,1H3;1H;/q-2;;+3/p-1/t12-,13-;;/m1../s1. The Morgan fingerprint density at radius 3 is 2.30 bits per heavy atom. The van der Waals surface area contributed by atoms with E-state index >= 15 is 0 Å². The topological polar surface area (TPSA) is 72.0 Å². The molecule has 2 atom stereocenters. The summed E-state index contributed by atoms with van der Waals surface area (Å²) in [6, 6.07) is 5.94. The number of hydrogen-bond acceptors (Lipinski definition) is 2. The number of hydrogen-bond donors (Lipinski definition) is 0. The van der Waals surface area contributed by atoms with Crippen LogP contribution in [0.25, 0.3) is 10.5 Å². The number of sulfonamides is 1. The van der Waals surface area contributed by atoms with Crippen molar-refractivity contribution in [2.45, 2.75) is 49.6 Å². The first-order valence-corrected chi connectivity index (χ1v) is 9.91. The van der Waals surface area contributed by atoms with Gasteiger partial charge in [0.1, 0.15) is 10.0 Å². The van der Waals surface area contributed by atoms with E-state index in [-0.39, 0.29) is 17.0 Å². The number of aryl methyl sites for hydroxylation is 1. The van der Waals surface area contributed by atoms with Crippen LogP contribution in [0.4, 0.5) is 0 Å². The maximum atomic E-state index is 12.1. The van der Waals surface area contributed by atoms with E-state index in [0.29, 0.717) is 6.42 Å². The summed E-state index contributed by atoms with van der Waals surface area (Å²) < 4.78 is 28.1. The Morgan fingerprint density at radius 1 is 1.20 bits per heavy atom. The third kappa shape index (κ3) is 5.08. The van der Waals surface area contributed by atoms with Crippen LogP contribution in [0.3, 0.4) is 0 Å². The van der Waals surface area contributed by atoms with Crippen molar-refractivity contribution in [3.05, 3.63) is 40.3 Å². The van der Waals surface area contributed by atoms with Gasteiger partial charge in [0.25, 0.3) is 0 Å². The predicted octanol–water partition coefficient (Wildman–Crippen LogP) is 4.11. The van der Waals surface area contributed by atoms with Crippen LogP contribution in [-0.2, 0) is 27.3 Å². The number of rotatable bonds is 3. The number of halogens is 1. The Kier molecular flexibility index (Phi) is 7.62. The first kappa shape index (κ1) is 18.1. The van der Waals surface area contributed by atoms with Crippen LogP contribution in [0.15, 0.2) is 29.2 Å². The molecule has 4 nitrogen and oxygen atoms in total. The zero-order valence-electron chi connectivity index (χ0n) is 11.2. The summed E-state index contributed by atoms with van der Waals surface area (Å²) in [5, 5.41) is 0. The molecule has 114 valence electrons. The van der Waals surface area contributed by atoms with E-state index in [1.165, 1.54) is 0 Å². The van der Waals surface area contributed by atoms with Gasteiger partial charge in [-0.3, -0.25) is 0 Å². The molecule has 1 N–H and O–H groups in total. The molecular weight excluding hydrogens is 387 g/mol. The van der Waals surface area contributed by atoms with Gasteiger partial charge in [-0.1, -0.05) is 43.4 Å². The van der Waals surface area contributed by atoms with Crippen molar-refractivity contribution in [1.82, 2.24) is 0 Å². The van der Waals surface area contributed by atoms with Crippen molar-refractivity contribution in [2.75, 3.05) is 0 Å². The molecular formula is C13H18ClN2O2RhS. The van der Waals surface area contributed by atoms with Crippen molar-refractivity contribution in [3.63, 3.8) is 0 Å². The summed E-state index contributed by atoms with van der Waals surface area (Å²) in [6.45, 7) is 1.91. The molecule has 1 aromatic carbocycles. The van der Waals surface area contributed by atoms with Gasteiger partial charge in [0.05, 0.1) is 0 Å². The summed E-state index contributed by atoms with van der Waals surface area (Å²) in [7, 11) is 0.924. The third-order valence-electron chi connectivity index (χ3n) is 3.32. The normalized spacial score (nSPS) is 22.8. The number of benzene rings is 1.